The van der Waals surface area contributed by atoms with Crippen LogP contribution in [0.4, 0.5) is 0 Å². The van der Waals surface area contributed by atoms with Crippen LogP contribution in [0.1, 0.15) is 142 Å². The van der Waals surface area contributed by atoms with Gasteiger partial charge in [0.25, 0.3) is 7.82 Å². The normalized spacial score (nSPS) is 11.6. The summed E-state index contributed by atoms with van der Waals surface area (Å²) in [5.41, 5.74) is 0. The Morgan fingerprint density at radius 3 is 1.00 bits per heavy atom. The number of phosphoric acid groups is 1. The minimum Gasteiger partial charge on any atom is -0.756 e. The van der Waals surface area contributed by atoms with Crippen LogP contribution in [0, 0.1) is 0 Å². The second-order valence-corrected chi connectivity index (χ2v) is 9.89. The molecule has 0 radical (unpaired) electrons. The zero-order chi connectivity index (χ0) is 21.5. The van der Waals surface area contributed by atoms with Crippen LogP contribution in [0.15, 0.2) is 0 Å². The van der Waals surface area contributed by atoms with Gasteiger partial charge in [0.2, 0.25) is 0 Å². The zero-order valence-corrected chi connectivity index (χ0v) is 24.7. The standard InChI is InChI=1S/C24H51O4P.K/c1-3-5-7-9-11-13-15-17-19-21-23-27-29(25,26)28-24-22-20-18-16-14-12-10-8-6-4-2;/h3-24H2,1-2H3,(H,25,26);/q;+1/p-1. The quantitative estimate of drug-likeness (QED) is 0.108. The van der Waals surface area contributed by atoms with Crippen molar-refractivity contribution in [1.82, 2.24) is 0 Å². The van der Waals surface area contributed by atoms with Gasteiger partial charge in [0, 0.05) is 0 Å². The average molecular weight is 473 g/mol. The van der Waals surface area contributed by atoms with Crippen LogP contribution in [0.25, 0.3) is 0 Å². The van der Waals surface area contributed by atoms with Crippen LogP contribution in [-0.2, 0) is 13.6 Å². The monoisotopic (exact) mass is 472 g/mol. The maximum atomic E-state index is 11.7. The van der Waals surface area contributed by atoms with Gasteiger partial charge in [-0.05, 0) is 12.8 Å². The maximum absolute atomic E-state index is 11.7. The van der Waals surface area contributed by atoms with E-state index < -0.39 is 7.82 Å². The third kappa shape index (κ3) is 27.8. The minimum absolute atomic E-state index is 0. The summed E-state index contributed by atoms with van der Waals surface area (Å²) in [6, 6.07) is 0. The van der Waals surface area contributed by atoms with E-state index in [2.05, 4.69) is 13.8 Å². The number of hydrogen-bond donors (Lipinski definition) is 0. The molecule has 0 amide bonds. The van der Waals surface area contributed by atoms with Gasteiger partial charge in [0.05, 0.1) is 13.2 Å². The van der Waals surface area contributed by atoms with Crippen molar-refractivity contribution >= 4 is 7.82 Å². The molecule has 0 bridgehead atoms. The molecule has 0 rings (SSSR count). The van der Waals surface area contributed by atoms with E-state index in [4.69, 9.17) is 9.05 Å². The molecule has 0 heterocycles. The fourth-order valence-corrected chi connectivity index (χ4v) is 4.35. The molecule has 0 aromatic carbocycles. The molecule has 0 aromatic heterocycles. The predicted octanol–water partition coefficient (Wildman–Crippen LogP) is 5.33. The molecule has 4 nitrogen and oxygen atoms in total. The summed E-state index contributed by atoms with van der Waals surface area (Å²) >= 11 is 0. The Balaban J connectivity index is 0. The smallest absolute Gasteiger partial charge is 0.756 e. The molecule has 0 fully saturated rings. The number of phosphoric ester groups is 1. The summed E-state index contributed by atoms with van der Waals surface area (Å²) in [7, 11) is -4.10. The first-order valence-electron chi connectivity index (χ1n) is 12.7. The van der Waals surface area contributed by atoms with Crippen molar-refractivity contribution in [1.29, 1.82) is 0 Å². The van der Waals surface area contributed by atoms with Gasteiger partial charge in [-0.1, -0.05) is 129 Å². The third-order valence-electron chi connectivity index (χ3n) is 5.49. The van der Waals surface area contributed by atoms with E-state index in [-0.39, 0.29) is 64.6 Å². The van der Waals surface area contributed by atoms with E-state index in [0.29, 0.717) is 0 Å². The summed E-state index contributed by atoms with van der Waals surface area (Å²) in [4.78, 5) is 11.7. The van der Waals surface area contributed by atoms with Gasteiger partial charge < -0.3 is 13.9 Å². The first-order chi connectivity index (χ1) is 14.1. The SMILES string of the molecule is CCCCCCCCCCCCOP(=O)([O-])OCCCCCCCCCCCC.[K+]. The number of hydrogen-bond acceptors (Lipinski definition) is 4. The summed E-state index contributed by atoms with van der Waals surface area (Å²) in [6.45, 7) is 5.00. The summed E-state index contributed by atoms with van der Waals surface area (Å²) in [6.07, 6.45) is 24.5. The summed E-state index contributed by atoms with van der Waals surface area (Å²) < 4.78 is 21.7. The molecule has 30 heavy (non-hydrogen) atoms. The van der Waals surface area contributed by atoms with E-state index in [1.54, 1.807) is 0 Å². The zero-order valence-electron chi connectivity index (χ0n) is 20.6. The van der Waals surface area contributed by atoms with Gasteiger partial charge in [0.1, 0.15) is 0 Å². The van der Waals surface area contributed by atoms with Crippen LogP contribution in [0.3, 0.4) is 0 Å². The van der Waals surface area contributed by atoms with Crippen LogP contribution >= 0.6 is 7.82 Å². The minimum atomic E-state index is -4.10. The van der Waals surface area contributed by atoms with Gasteiger partial charge >= 0.3 is 51.4 Å². The van der Waals surface area contributed by atoms with E-state index in [1.807, 2.05) is 0 Å². The van der Waals surface area contributed by atoms with Gasteiger partial charge in [-0.15, -0.1) is 0 Å². The van der Waals surface area contributed by atoms with E-state index in [0.717, 1.165) is 25.7 Å². The first-order valence-corrected chi connectivity index (χ1v) is 14.2. The molecule has 0 aromatic rings. The maximum Gasteiger partial charge on any atom is 1.00 e. The van der Waals surface area contributed by atoms with E-state index in [9.17, 15) is 9.46 Å². The molecule has 0 saturated heterocycles. The Labute approximate surface area is 231 Å². The van der Waals surface area contributed by atoms with Gasteiger partial charge in [-0.2, -0.15) is 0 Å². The topological polar surface area (TPSA) is 58.6 Å². The fraction of sp³-hybridized carbons (Fsp3) is 1.00. The van der Waals surface area contributed by atoms with Crippen molar-refractivity contribution in [3.05, 3.63) is 0 Å². The van der Waals surface area contributed by atoms with Crippen molar-refractivity contribution in [2.45, 2.75) is 142 Å². The summed E-state index contributed by atoms with van der Waals surface area (Å²) in [5.74, 6) is 0. The molecule has 0 unspecified atom stereocenters. The summed E-state index contributed by atoms with van der Waals surface area (Å²) in [5, 5.41) is 0. The second kappa shape index (κ2) is 27.0. The molecular formula is C24H50KO4P. The Hall–Kier alpha value is 1.75. The first kappa shape index (κ1) is 33.9. The van der Waals surface area contributed by atoms with Gasteiger partial charge in [0.15, 0.2) is 0 Å². The van der Waals surface area contributed by atoms with Crippen LogP contribution in [0.2, 0.25) is 0 Å². The van der Waals surface area contributed by atoms with Crippen molar-refractivity contribution < 1.29 is 69.9 Å². The molecule has 0 aliphatic rings. The number of unbranched alkanes of at least 4 members (excludes halogenated alkanes) is 18. The predicted molar refractivity (Wildman–Crippen MR) is 123 cm³/mol. The molecule has 0 spiro atoms. The molecule has 0 aliphatic heterocycles. The fourth-order valence-electron chi connectivity index (χ4n) is 3.57. The van der Waals surface area contributed by atoms with Gasteiger partial charge in [-0.3, -0.25) is 4.57 Å². The van der Waals surface area contributed by atoms with Crippen molar-refractivity contribution in [3.63, 3.8) is 0 Å². The molecular weight excluding hydrogens is 422 g/mol. The molecule has 0 N–H and O–H groups in total. The molecule has 0 atom stereocenters. The molecule has 176 valence electrons. The number of rotatable bonds is 24. The van der Waals surface area contributed by atoms with Gasteiger partial charge in [-0.25, -0.2) is 0 Å². The van der Waals surface area contributed by atoms with Crippen molar-refractivity contribution in [2.75, 3.05) is 13.2 Å². The van der Waals surface area contributed by atoms with Crippen LogP contribution in [0.5, 0.6) is 0 Å². The van der Waals surface area contributed by atoms with Crippen molar-refractivity contribution in [3.8, 4) is 0 Å². The molecule has 0 aliphatic carbocycles. The molecule has 6 heteroatoms. The van der Waals surface area contributed by atoms with Crippen LogP contribution in [-0.4, -0.2) is 13.2 Å². The Bertz CT molecular complexity index is 339. The average Bonchev–Trinajstić information content (AvgIpc) is 2.70. The Morgan fingerprint density at radius 1 is 0.500 bits per heavy atom. The Morgan fingerprint density at radius 2 is 0.733 bits per heavy atom. The molecule has 0 saturated carbocycles. The Kier molecular flexibility index (Phi) is 30.5. The van der Waals surface area contributed by atoms with Crippen LogP contribution < -0.4 is 56.3 Å². The second-order valence-electron chi connectivity index (χ2n) is 8.48. The van der Waals surface area contributed by atoms with E-state index in [1.165, 1.54) is 103 Å². The van der Waals surface area contributed by atoms with Crippen molar-refractivity contribution in [2.24, 2.45) is 0 Å². The third-order valence-corrected chi connectivity index (χ3v) is 6.49. The largest absolute Gasteiger partial charge is 1.00 e. The van der Waals surface area contributed by atoms with E-state index >= 15 is 0 Å².